The zero-order valence-corrected chi connectivity index (χ0v) is 14.9. The van der Waals surface area contributed by atoms with Crippen LogP contribution in [0, 0.1) is 6.92 Å². The second-order valence-electron chi connectivity index (χ2n) is 5.25. The molecule has 0 radical (unpaired) electrons. The average Bonchev–Trinajstić information content (AvgIpc) is 2.59. The molecule has 0 fully saturated rings. The standard InChI is InChI=1S/C20H24O4/c1-6-24-18-12-15(9-10-17(18)21-3)7-8-16-11-14(2)20(23-5)19(13-16)22-4/h7-13H,6H2,1-5H3/b8-7-. The van der Waals surface area contributed by atoms with Crippen molar-refractivity contribution >= 4 is 12.2 Å². The highest BCUT2D eigenvalue weighted by Crippen LogP contribution is 2.33. The van der Waals surface area contributed by atoms with Gasteiger partial charge in [-0.3, -0.25) is 0 Å². The summed E-state index contributed by atoms with van der Waals surface area (Å²) >= 11 is 0. The van der Waals surface area contributed by atoms with Gasteiger partial charge in [0.2, 0.25) is 0 Å². The lowest BCUT2D eigenvalue weighted by Gasteiger charge is -2.11. The summed E-state index contributed by atoms with van der Waals surface area (Å²) in [6, 6.07) is 9.88. The quantitative estimate of drug-likeness (QED) is 0.697. The van der Waals surface area contributed by atoms with E-state index in [1.54, 1.807) is 21.3 Å². The molecule has 24 heavy (non-hydrogen) atoms. The predicted octanol–water partition coefficient (Wildman–Crippen LogP) is 4.59. The number of ether oxygens (including phenoxy) is 4. The Hall–Kier alpha value is -2.62. The second kappa shape index (κ2) is 8.29. The maximum Gasteiger partial charge on any atom is 0.163 e. The van der Waals surface area contributed by atoms with E-state index in [1.807, 2.05) is 50.3 Å². The Morgan fingerprint density at radius 1 is 0.792 bits per heavy atom. The summed E-state index contributed by atoms with van der Waals surface area (Å²) in [5, 5.41) is 0. The summed E-state index contributed by atoms with van der Waals surface area (Å²) < 4.78 is 21.7. The van der Waals surface area contributed by atoms with E-state index in [-0.39, 0.29) is 0 Å². The maximum atomic E-state index is 5.61. The summed E-state index contributed by atoms with van der Waals surface area (Å²) in [6.07, 6.45) is 4.06. The van der Waals surface area contributed by atoms with Crippen LogP contribution in [-0.4, -0.2) is 27.9 Å². The van der Waals surface area contributed by atoms with Gasteiger partial charge in [0.25, 0.3) is 0 Å². The van der Waals surface area contributed by atoms with Gasteiger partial charge in [0.15, 0.2) is 23.0 Å². The minimum atomic E-state index is 0.596. The SMILES string of the molecule is CCOc1cc(/C=C\c2cc(C)c(OC)c(OC)c2)ccc1OC. The fraction of sp³-hybridized carbons (Fsp3) is 0.300. The fourth-order valence-corrected chi connectivity index (χ4v) is 2.54. The van der Waals surface area contributed by atoms with Crippen molar-refractivity contribution in [3.63, 3.8) is 0 Å². The van der Waals surface area contributed by atoms with Gasteiger partial charge in [-0.15, -0.1) is 0 Å². The lowest BCUT2D eigenvalue weighted by atomic mass is 10.1. The van der Waals surface area contributed by atoms with Crippen molar-refractivity contribution in [1.29, 1.82) is 0 Å². The van der Waals surface area contributed by atoms with E-state index in [1.165, 1.54) is 0 Å². The minimum Gasteiger partial charge on any atom is -0.493 e. The van der Waals surface area contributed by atoms with Gasteiger partial charge in [-0.05, 0) is 54.8 Å². The molecule has 0 saturated heterocycles. The van der Waals surface area contributed by atoms with E-state index in [0.717, 1.165) is 39.7 Å². The van der Waals surface area contributed by atoms with E-state index in [0.29, 0.717) is 6.61 Å². The Kier molecular flexibility index (Phi) is 6.13. The average molecular weight is 328 g/mol. The number of benzene rings is 2. The monoisotopic (exact) mass is 328 g/mol. The third-order valence-electron chi connectivity index (χ3n) is 3.64. The Balaban J connectivity index is 2.31. The third kappa shape index (κ3) is 4.02. The van der Waals surface area contributed by atoms with Crippen LogP contribution in [0.4, 0.5) is 0 Å². The molecule has 0 unspecified atom stereocenters. The van der Waals surface area contributed by atoms with Crippen LogP contribution in [0.25, 0.3) is 12.2 Å². The lowest BCUT2D eigenvalue weighted by molar-refractivity contribution is 0.311. The highest BCUT2D eigenvalue weighted by atomic mass is 16.5. The lowest BCUT2D eigenvalue weighted by Crippen LogP contribution is -1.95. The molecule has 0 N–H and O–H groups in total. The summed E-state index contributed by atoms with van der Waals surface area (Å²) in [4.78, 5) is 0. The van der Waals surface area contributed by atoms with Crippen LogP contribution in [0.15, 0.2) is 30.3 Å². The van der Waals surface area contributed by atoms with Gasteiger partial charge in [0.1, 0.15) is 0 Å². The van der Waals surface area contributed by atoms with Gasteiger partial charge < -0.3 is 18.9 Å². The highest BCUT2D eigenvalue weighted by Gasteiger charge is 2.08. The molecule has 0 heterocycles. The summed E-state index contributed by atoms with van der Waals surface area (Å²) in [5.74, 6) is 2.96. The van der Waals surface area contributed by atoms with Gasteiger partial charge in [-0.2, -0.15) is 0 Å². The number of methoxy groups -OCH3 is 3. The number of hydrogen-bond acceptors (Lipinski definition) is 4. The molecule has 4 nitrogen and oxygen atoms in total. The Labute approximate surface area is 143 Å². The van der Waals surface area contributed by atoms with Gasteiger partial charge in [-0.1, -0.05) is 18.2 Å². The van der Waals surface area contributed by atoms with Crippen LogP contribution < -0.4 is 18.9 Å². The molecule has 2 aromatic carbocycles. The molecular weight excluding hydrogens is 304 g/mol. The van der Waals surface area contributed by atoms with Crippen LogP contribution in [0.1, 0.15) is 23.6 Å². The first kappa shape index (κ1) is 17.7. The van der Waals surface area contributed by atoms with Gasteiger partial charge >= 0.3 is 0 Å². The summed E-state index contributed by atoms with van der Waals surface area (Å²) in [7, 11) is 4.93. The first-order chi connectivity index (χ1) is 11.6. The van der Waals surface area contributed by atoms with Crippen LogP contribution >= 0.6 is 0 Å². The van der Waals surface area contributed by atoms with Crippen molar-refractivity contribution in [2.75, 3.05) is 27.9 Å². The smallest absolute Gasteiger partial charge is 0.163 e. The number of aryl methyl sites for hydroxylation is 1. The fourth-order valence-electron chi connectivity index (χ4n) is 2.54. The Morgan fingerprint density at radius 2 is 1.46 bits per heavy atom. The molecule has 0 aliphatic carbocycles. The van der Waals surface area contributed by atoms with Crippen LogP contribution in [0.2, 0.25) is 0 Å². The van der Waals surface area contributed by atoms with Crippen molar-refractivity contribution in [2.45, 2.75) is 13.8 Å². The Bertz CT molecular complexity index is 720. The molecule has 2 rings (SSSR count). The highest BCUT2D eigenvalue weighted by molar-refractivity contribution is 5.72. The summed E-state index contributed by atoms with van der Waals surface area (Å²) in [5.41, 5.74) is 3.10. The molecule has 2 aromatic rings. The first-order valence-corrected chi connectivity index (χ1v) is 7.84. The molecule has 0 saturated carbocycles. The zero-order valence-electron chi connectivity index (χ0n) is 14.9. The third-order valence-corrected chi connectivity index (χ3v) is 3.64. The molecule has 0 aromatic heterocycles. The molecule has 0 bridgehead atoms. The van der Waals surface area contributed by atoms with E-state index in [4.69, 9.17) is 18.9 Å². The first-order valence-electron chi connectivity index (χ1n) is 7.84. The van der Waals surface area contributed by atoms with Crippen molar-refractivity contribution in [2.24, 2.45) is 0 Å². The maximum absolute atomic E-state index is 5.61. The molecule has 4 heteroatoms. The van der Waals surface area contributed by atoms with Crippen molar-refractivity contribution < 1.29 is 18.9 Å². The van der Waals surface area contributed by atoms with Crippen molar-refractivity contribution in [3.05, 3.63) is 47.0 Å². The number of hydrogen-bond donors (Lipinski definition) is 0. The molecule has 0 amide bonds. The Morgan fingerprint density at radius 3 is 2.08 bits per heavy atom. The molecule has 0 aliphatic heterocycles. The van der Waals surface area contributed by atoms with E-state index in [9.17, 15) is 0 Å². The van der Waals surface area contributed by atoms with Crippen molar-refractivity contribution in [3.8, 4) is 23.0 Å². The number of rotatable bonds is 7. The zero-order chi connectivity index (χ0) is 17.5. The van der Waals surface area contributed by atoms with Crippen LogP contribution in [-0.2, 0) is 0 Å². The predicted molar refractivity (Wildman–Crippen MR) is 97.4 cm³/mol. The largest absolute Gasteiger partial charge is 0.493 e. The van der Waals surface area contributed by atoms with Crippen LogP contribution in [0.3, 0.4) is 0 Å². The van der Waals surface area contributed by atoms with E-state index < -0.39 is 0 Å². The molecule has 0 spiro atoms. The van der Waals surface area contributed by atoms with Crippen LogP contribution in [0.5, 0.6) is 23.0 Å². The summed E-state index contributed by atoms with van der Waals surface area (Å²) in [6.45, 7) is 4.55. The molecule has 0 aliphatic rings. The molecular formula is C20H24O4. The van der Waals surface area contributed by atoms with E-state index in [2.05, 4.69) is 6.07 Å². The van der Waals surface area contributed by atoms with Gasteiger partial charge in [-0.25, -0.2) is 0 Å². The minimum absolute atomic E-state index is 0.596. The van der Waals surface area contributed by atoms with E-state index >= 15 is 0 Å². The normalized spacial score (nSPS) is 10.7. The van der Waals surface area contributed by atoms with Gasteiger partial charge in [0, 0.05) is 0 Å². The topological polar surface area (TPSA) is 36.9 Å². The molecule has 128 valence electrons. The van der Waals surface area contributed by atoms with Crippen molar-refractivity contribution in [1.82, 2.24) is 0 Å². The second-order valence-corrected chi connectivity index (χ2v) is 5.25. The molecule has 0 atom stereocenters. The van der Waals surface area contributed by atoms with Gasteiger partial charge in [0.05, 0.1) is 27.9 Å².